The second-order valence-electron chi connectivity index (χ2n) is 3.67. The van der Waals surface area contributed by atoms with Crippen molar-refractivity contribution in [3.8, 4) is 5.75 Å². The topological polar surface area (TPSA) is 87.6 Å². The molecule has 6 nitrogen and oxygen atoms in total. The van der Waals surface area contributed by atoms with E-state index in [1.165, 1.54) is 13.2 Å². The molecule has 0 aliphatic heterocycles. The molecule has 0 aliphatic carbocycles. The molecule has 17 heavy (non-hydrogen) atoms. The Labute approximate surface area is 99.5 Å². The molecular formula is C11H16N2O4. The fourth-order valence-electron chi connectivity index (χ4n) is 1.57. The first-order chi connectivity index (χ1) is 8.08. The Kier molecular flexibility index (Phi) is 4.86. The number of rotatable bonds is 6. The summed E-state index contributed by atoms with van der Waals surface area (Å²) in [5.41, 5.74) is 6.38. The molecule has 1 aromatic rings. The highest BCUT2D eigenvalue weighted by atomic mass is 16.6. The lowest BCUT2D eigenvalue weighted by molar-refractivity contribution is -0.385. The second-order valence-corrected chi connectivity index (χ2v) is 3.67. The summed E-state index contributed by atoms with van der Waals surface area (Å²) >= 11 is 0. The van der Waals surface area contributed by atoms with E-state index < -0.39 is 4.92 Å². The van der Waals surface area contributed by atoms with Crippen molar-refractivity contribution in [2.24, 2.45) is 5.73 Å². The van der Waals surface area contributed by atoms with Crippen LogP contribution in [0.15, 0.2) is 18.2 Å². The molecule has 1 unspecified atom stereocenters. The van der Waals surface area contributed by atoms with Crippen molar-refractivity contribution in [1.29, 1.82) is 0 Å². The van der Waals surface area contributed by atoms with Gasteiger partial charge in [-0.3, -0.25) is 10.1 Å². The van der Waals surface area contributed by atoms with Crippen molar-refractivity contribution in [2.45, 2.75) is 12.5 Å². The summed E-state index contributed by atoms with van der Waals surface area (Å²) < 4.78 is 9.85. The van der Waals surface area contributed by atoms with Gasteiger partial charge in [0.2, 0.25) is 0 Å². The van der Waals surface area contributed by atoms with Crippen LogP contribution in [-0.4, -0.2) is 31.8 Å². The van der Waals surface area contributed by atoms with Crippen LogP contribution in [0.3, 0.4) is 0 Å². The van der Waals surface area contributed by atoms with Crippen molar-refractivity contribution < 1.29 is 14.4 Å². The highest BCUT2D eigenvalue weighted by Crippen LogP contribution is 2.25. The molecule has 1 atom stereocenters. The number of nitrogens with zero attached hydrogens (tertiary/aromatic N) is 1. The third-order valence-corrected chi connectivity index (χ3v) is 2.35. The third kappa shape index (κ3) is 3.69. The van der Waals surface area contributed by atoms with E-state index in [1.54, 1.807) is 19.2 Å². The van der Waals surface area contributed by atoms with Gasteiger partial charge in [0.1, 0.15) is 5.75 Å². The average Bonchev–Trinajstić information content (AvgIpc) is 2.29. The normalized spacial score (nSPS) is 12.2. The van der Waals surface area contributed by atoms with E-state index in [9.17, 15) is 10.1 Å². The Morgan fingerprint density at radius 1 is 1.47 bits per heavy atom. The smallest absolute Gasteiger partial charge is 0.276 e. The maximum atomic E-state index is 10.9. The zero-order chi connectivity index (χ0) is 12.8. The molecule has 2 N–H and O–H groups in total. The number of nitro groups is 1. The van der Waals surface area contributed by atoms with Gasteiger partial charge in [-0.2, -0.15) is 0 Å². The average molecular weight is 240 g/mol. The SMILES string of the molecule is COCC(N)Cc1ccc(OC)cc1[N+](=O)[O-]. The minimum atomic E-state index is -0.433. The van der Waals surface area contributed by atoms with Crippen LogP contribution in [0.25, 0.3) is 0 Å². The first-order valence-corrected chi connectivity index (χ1v) is 5.14. The van der Waals surface area contributed by atoms with E-state index in [4.69, 9.17) is 15.2 Å². The molecule has 0 fully saturated rings. The highest BCUT2D eigenvalue weighted by molar-refractivity contribution is 5.46. The van der Waals surface area contributed by atoms with Crippen LogP contribution in [-0.2, 0) is 11.2 Å². The first kappa shape index (κ1) is 13.4. The quantitative estimate of drug-likeness (QED) is 0.594. The Hall–Kier alpha value is -1.66. The lowest BCUT2D eigenvalue weighted by atomic mass is 10.0. The van der Waals surface area contributed by atoms with E-state index in [2.05, 4.69) is 0 Å². The summed E-state index contributed by atoms with van der Waals surface area (Å²) in [5, 5.41) is 10.9. The molecule has 0 heterocycles. The minimum absolute atomic E-state index is 0.0240. The van der Waals surface area contributed by atoms with Gasteiger partial charge in [-0.25, -0.2) is 0 Å². The number of benzene rings is 1. The Morgan fingerprint density at radius 3 is 2.71 bits per heavy atom. The molecule has 0 spiro atoms. The largest absolute Gasteiger partial charge is 0.497 e. The fraction of sp³-hybridized carbons (Fsp3) is 0.455. The molecule has 0 radical (unpaired) electrons. The standard InChI is InChI=1S/C11H16N2O4/c1-16-7-9(12)5-8-3-4-10(17-2)6-11(8)13(14)15/h3-4,6,9H,5,7,12H2,1-2H3. The van der Waals surface area contributed by atoms with Crippen molar-refractivity contribution in [2.75, 3.05) is 20.8 Å². The Balaban J connectivity index is 2.94. The summed E-state index contributed by atoms with van der Waals surface area (Å²) in [7, 11) is 3.01. The zero-order valence-corrected chi connectivity index (χ0v) is 9.88. The summed E-state index contributed by atoms with van der Waals surface area (Å²) in [6.45, 7) is 0.364. The van der Waals surface area contributed by atoms with Crippen molar-refractivity contribution in [3.05, 3.63) is 33.9 Å². The maximum Gasteiger partial charge on any atom is 0.276 e. The molecule has 0 bridgehead atoms. The summed E-state index contributed by atoms with van der Waals surface area (Å²) in [5.74, 6) is 0.459. The molecular weight excluding hydrogens is 224 g/mol. The Bertz CT molecular complexity index is 395. The number of ether oxygens (including phenoxy) is 2. The highest BCUT2D eigenvalue weighted by Gasteiger charge is 2.17. The van der Waals surface area contributed by atoms with E-state index in [0.29, 0.717) is 24.3 Å². The van der Waals surface area contributed by atoms with E-state index in [0.717, 1.165) is 0 Å². The van der Waals surface area contributed by atoms with Gasteiger partial charge >= 0.3 is 0 Å². The predicted molar refractivity (Wildman–Crippen MR) is 63.2 cm³/mol. The molecule has 0 saturated carbocycles. The van der Waals surface area contributed by atoms with Gasteiger partial charge in [0, 0.05) is 18.7 Å². The zero-order valence-electron chi connectivity index (χ0n) is 9.88. The molecule has 1 aromatic carbocycles. The molecule has 0 saturated heterocycles. The first-order valence-electron chi connectivity index (χ1n) is 5.14. The van der Waals surface area contributed by atoms with Gasteiger partial charge in [0.05, 0.1) is 24.7 Å². The van der Waals surface area contributed by atoms with E-state index in [1.807, 2.05) is 0 Å². The lowest BCUT2D eigenvalue weighted by Crippen LogP contribution is -2.28. The van der Waals surface area contributed by atoms with Crippen LogP contribution < -0.4 is 10.5 Å². The monoisotopic (exact) mass is 240 g/mol. The predicted octanol–water partition coefficient (Wildman–Crippen LogP) is 1.12. The van der Waals surface area contributed by atoms with Gasteiger partial charge in [0.15, 0.2) is 0 Å². The summed E-state index contributed by atoms with van der Waals surface area (Å²) in [6, 6.07) is 4.48. The number of nitrogens with two attached hydrogens (primary N) is 1. The number of methoxy groups -OCH3 is 2. The van der Waals surface area contributed by atoms with E-state index >= 15 is 0 Å². The summed E-state index contributed by atoms with van der Waals surface area (Å²) in [4.78, 5) is 10.5. The minimum Gasteiger partial charge on any atom is -0.497 e. The number of nitro benzene ring substituents is 1. The van der Waals surface area contributed by atoms with Gasteiger partial charge in [0.25, 0.3) is 5.69 Å². The van der Waals surface area contributed by atoms with Crippen LogP contribution in [0.5, 0.6) is 5.75 Å². The van der Waals surface area contributed by atoms with Gasteiger partial charge in [-0.15, -0.1) is 0 Å². The molecule has 6 heteroatoms. The second kappa shape index (κ2) is 6.17. The maximum absolute atomic E-state index is 10.9. The van der Waals surface area contributed by atoms with Gasteiger partial charge < -0.3 is 15.2 Å². The third-order valence-electron chi connectivity index (χ3n) is 2.35. The van der Waals surface area contributed by atoms with Crippen molar-refractivity contribution in [1.82, 2.24) is 0 Å². The van der Waals surface area contributed by atoms with Crippen molar-refractivity contribution >= 4 is 5.69 Å². The van der Waals surface area contributed by atoms with Gasteiger partial charge in [-0.05, 0) is 18.6 Å². The van der Waals surface area contributed by atoms with Crippen LogP contribution in [0.4, 0.5) is 5.69 Å². The molecule has 0 aromatic heterocycles. The fourth-order valence-corrected chi connectivity index (χ4v) is 1.57. The summed E-state index contributed by atoms with van der Waals surface area (Å²) in [6.07, 6.45) is 0.397. The number of hydrogen-bond donors (Lipinski definition) is 1. The van der Waals surface area contributed by atoms with Gasteiger partial charge in [-0.1, -0.05) is 0 Å². The Morgan fingerprint density at radius 2 is 2.18 bits per heavy atom. The molecule has 94 valence electrons. The molecule has 1 rings (SSSR count). The van der Waals surface area contributed by atoms with Crippen LogP contribution >= 0.6 is 0 Å². The van der Waals surface area contributed by atoms with Crippen LogP contribution in [0.1, 0.15) is 5.56 Å². The number of hydrogen-bond acceptors (Lipinski definition) is 5. The lowest BCUT2D eigenvalue weighted by Gasteiger charge is -2.11. The van der Waals surface area contributed by atoms with Crippen molar-refractivity contribution in [3.63, 3.8) is 0 Å². The van der Waals surface area contributed by atoms with Crippen LogP contribution in [0, 0.1) is 10.1 Å². The molecule has 0 amide bonds. The van der Waals surface area contributed by atoms with Crippen LogP contribution in [0.2, 0.25) is 0 Å². The molecule has 0 aliphatic rings. The van der Waals surface area contributed by atoms with E-state index in [-0.39, 0.29) is 11.7 Å².